The highest BCUT2D eigenvalue weighted by atomic mass is 16.5. The number of piperidine rings is 1. The van der Waals surface area contributed by atoms with E-state index in [-0.39, 0.29) is 17.4 Å². The fourth-order valence-corrected chi connectivity index (χ4v) is 7.55. The number of likely N-dealkylation sites (N-methyl/N-ethyl adjacent to an activating group) is 1. The molecule has 4 nitrogen and oxygen atoms in total. The lowest BCUT2D eigenvalue weighted by molar-refractivity contribution is -0.124. The summed E-state index contributed by atoms with van der Waals surface area (Å²) in [7, 11) is 4.03. The summed E-state index contributed by atoms with van der Waals surface area (Å²) in [6, 6.07) is 4.90. The number of Topliss-reactive ketones (excluding diaryl/α,β-unsaturated/α-hetero) is 1. The van der Waals surface area contributed by atoms with Crippen LogP contribution < -0.4 is 9.47 Å². The summed E-state index contributed by atoms with van der Waals surface area (Å²) in [5.41, 5.74) is 4.37. The Bertz CT molecular complexity index is 905. The third-order valence-electron chi connectivity index (χ3n) is 8.70. The zero-order chi connectivity index (χ0) is 19.2. The van der Waals surface area contributed by atoms with Crippen LogP contribution in [0.1, 0.15) is 43.7 Å². The molecule has 5 aliphatic rings. The molecule has 2 fully saturated rings. The Morgan fingerprint density at radius 1 is 1.36 bits per heavy atom. The monoisotopic (exact) mass is 379 g/mol. The highest BCUT2D eigenvalue weighted by Crippen LogP contribution is 2.66. The number of carbonyl (C=O) groups is 1. The molecule has 0 amide bonds. The molecule has 2 heterocycles. The number of carbonyl (C=O) groups excluding carboxylic acids is 1. The van der Waals surface area contributed by atoms with Crippen LogP contribution in [-0.2, 0) is 16.6 Å². The van der Waals surface area contributed by atoms with E-state index in [0.717, 1.165) is 50.1 Å². The predicted molar refractivity (Wildman–Crippen MR) is 107 cm³/mol. The zero-order valence-corrected chi connectivity index (χ0v) is 17.0. The normalized spacial score (nSPS) is 40.1. The molecule has 2 bridgehead atoms. The van der Waals surface area contributed by atoms with Crippen LogP contribution in [0.5, 0.6) is 11.5 Å². The summed E-state index contributed by atoms with van der Waals surface area (Å²) in [6.45, 7) is 2.91. The Morgan fingerprint density at radius 3 is 3.00 bits per heavy atom. The number of nitrogens with zero attached hydrogens (tertiary/aromatic N) is 1. The molecule has 2 aliphatic heterocycles. The van der Waals surface area contributed by atoms with Crippen LogP contribution in [0.15, 0.2) is 23.8 Å². The molecule has 4 heteroatoms. The molecule has 1 saturated heterocycles. The Hall–Kier alpha value is -1.81. The van der Waals surface area contributed by atoms with E-state index < -0.39 is 0 Å². The summed E-state index contributed by atoms with van der Waals surface area (Å²) in [4.78, 5) is 15.1. The van der Waals surface area contributed by atoms with E-state index in [4.69, 9.17) is 9.47 Å². The van der Waals surface area contributed by atoms with E-state index in [9.17, 15) is 4.79 Å². The van der Waals surface area contributed by atoms with E-state index in [1.165, 1.54) is 16.7 Å². The summed E-state index contributed by atoms with van der Waals surface area (Å²) >= 11 is 0. The number of allylic oxidation sites excluding steroid dienone is 1. The molecule has 0 radical (unpaired) electrons. The molecule has 6 rings (SSSR count). The van der Waals surface area contributed by atoms with Gasteiger partial charge in [0.2, 0.25) is 0 Å². The zero-order valence-electron chi connectivity index (χ0n) is 17.0. The average molecular weight is 380 g/mol. The second-order valence-electron chi connectivity index (χ2n) is 9.62. The van der Waals surface area contributed by atoms with Crippen molar-refractivity contribution in [1.82, 2.24) is 4.90 Å². The van der Waals surface area contributed by atoms with Crippen molar-refractivity contribution in [3.05, 3.63) is 34.9 Å². The summed E-state index contributed by atoms with van der Waals surface area (Å²) in [5.74, 6) is 3.29. The van der Waals surface area contributed by atoms with Crippen LogP contribution in [0.4, 0.5) is 0 Å². The van der Waals surface area contributed by atoms with Crippen LogP contribution in [0.25, 0.3) is 0 Å². The number of benzene rings is 1. The Labute approximate surface area is 166 Å². The molecule has 1 aromatic rings. The van der Waals surface area contributed by atoms with Gasteiger partial charge in [-0.15, -0.1) is 0 Å². The minimum Gasteiger partial charge on any atom is -0.493 e. The fourth-order valence-electron chi connectivity index (χ4n) is 7.55. The third kappa shape index (κ3) is 1.88. The van der Waals surface area contributed by atoms with E-state index in [2.05, 4.69) is 30.2 Å². The second-order valence-corrected chi connectivity index (χ2v) is 9.62. The van der Waals surface area contributed by atoms with Crippen LogP contribution in [0, 0.1) is 17.8 Å². The molecule has 148 valence electrons. The molecular weight excluding hydrogens is 350 g/mol. The summed E-state index contributed by atoms with van der Waals surface area (Å²) in [5, 5.41) is 0. The number of methoxy groups -OCH3 is 1. The third-order valence-corrected chi connectivity index (χ3v) is 8.70. The van der Waals surface area contributed by atoms with Gasteiger partial charge in [-0.1, -0.05) is 12.1 Å². The standard InChI is InChI=1S/C24H29NO3/c1-13(26)15-5-4-6-16-17(15)12-18-19-11-14-7-8-20(27-3)22-21(14)24(18,23(16)28-22)9-10-25(19)2/h6-8,15,17-19,23H,4-5,9-12H2,1-3H3/t15-,17+,18+,19+,23+,24+/m1/s1. The quantitative estimate of drug-likeness (QED) is 0.737. The highest BCUT2D eigenvalue weighted by molar-refractivity contribution is 5.79. The molecule has 1 spiro atoms. The van der Waals surface area contributed by atoms with Crippen LogP contribution in [-0.4, -0.2) is 43.5 Å². The minimum atomic E-state index is 0.0651. The van der Waals surface area contributed by atoms with Gasteiger partial charge in [-0.3, -0.25) is 4.79 Å². The number of hydrogen-bond donors (Lipinski definition) is 0. The van der Waals surface area contributed by atoms with Gasteiger partial charge in [0.25, 0.3) is 0 Å². The number of likely N-dealkylation sites (tertiary alicyclic amines) is 1. The van der Waals surface area contributed by atoms with E-state index in [0.29, 0.717) is 23.7 Å². The van der Waals surface area contributed by atoms with Crippen molar-refractivity contribution in [2.75, 3.05) is 20.7 Å². The summed E-state index contributed by atoms with van der Waals surface area (Å²) < 4.78 is 12.5. The van der Waals surface area contributed by atoms with E-state index >= 15 is 0 Å². The molecule has 28 heavy (non-hydrogen) atoms. The van der Waals surface area contributed by atoms with Crippen LogP contribution in [0.2, 0.25) is 0 Å². The molecule has 6 atom stereocenters. The van der Waals surface area contributed by atoms with E-state index in [1.54, 1.807) is 14.0 Å². The first-order valence-corrected chi connectivity index (χ1v) is 10.8. The van der Waals surface area contributed by atoms with Crippen molar-refractivity contribution < 1.29 is 14.3 Å². The second kappa shape index (κ2) is 5.63. The molecule has 1 saturated carbocycles. The van der Waals surface area contributed by atoms with Crippen molar-refractivity contribution in [2.24, 2.45) is 17.8 Å². The van der Waals surface area contributed by atoms with Gasteiger partial charge < -0.3 is 14.4 Å². The van der Waals surface area contributed by atoms with Gasteiger partial charge in [0.1, 0.15) is 11.9 Å². The minimum absolute atomic E-state index is 0.0651. The van der Waals surface area contributed by atoms with Crippen molar-refractivity contribution in [2.45, 2.75) is 56.6 Å². The smallest absolute Gasteiger partial charge is 0.166 e. The van der Waals surface area contributed by atoms with E-state index in [1.807, 2.05) is 0 Å². The SMILES string of the molecule is COc1ccc2c3c1O[C@H]1C4=CCC[C@H](C(C)=O)[C@@H]4C[C@H]4[C@H](C2)N(C)CC[C@]314. The summed E-state index contributed by atoms with van der Waals surface area (Å²) in [6.07, 6.45) is 7.85. The maximum Gasteiger partial charge on any atom is 0.166 e. The first kappa shape index (κ1) is 17.1. The Kier molecular flexibility index (Phi) is 3.43. The van der Waals surface area contributed by atoms with Gasteiger partial charge in [0.15, 0.2) is 11.5 Å². The maximum atomic E-state index is 12.5. The Morgan fingerprint density at radius 2 is 2.21 bits per heavy atom. The van der Waals surface area contributed by atoms with Gasteiger partial charge >= 0.3 is 0 Å². The first-order chi connectivity index (χ1) is 13.6. The lowest BCUT2D eigenvalue weighted by Gasteiger charge is -2.60. The lowest BCUT2D eigenvalue weighted by atomic mass is 9.47. The number of ketones is 1. The largest absolute Gasteiger partial charge is 0.493 e. The Balaban J connectivity index is 1.59. The van der Waals surface area contributed by atoms with Gasteiger partial charge in [-0.2, -0.15) is 0 Å². The number of fused-ring (bicyclic) bond motifs is 2. The molecule has 3 aliphatic carbocycles. The van der Waals surface area contributed by atoms with Gasteiger partial charge in [0.05, 0.1) is 7.11 Å². The van der Waals surface area contributed by atoms with Gasteiger partial charge in [-0.05, 0) is 81.7 Å². The highest BCUT2D eigenvalue weighted by Gasteiger charge is 2.66. The molecule has 0 unspecified atom stereocenters. The lowest BCUT2D eigenvalue weighted by Crippen LogP contribution is -2.65. The van der Waals surface area contributed by atoms with Crippen LogP contribution >= 0.6 is 0 Å². The number of rotatable bonds is 2. The maximum absolute atomic E-state index is 12.5. The van der Waals surface area contributed by atoms with Crippen molar-refractivity contribution >= 4 is 5.78 Å². The van der Waals surface area contributed by atoms with Crippen molar-refractivity contribution in [1.29, 1.82) is 0 Å². The van der Waals surface area contributed by atoms with Crippen molar-refractivity contribution in [3.63, 3.8) is 0 Å². The number of hydrogen-bond acceptors (Lipinski definition) is 4. The van der Waals surface area contributed by atoms with Gasteiger partial charge in [-0.25, -0.2) is 0 Å². The molecule has 1 aromatic carbocycles. The fraction of sp³-hybridized carbons (Fsp3) is 0.625. The van der Waals surface area contributed by atoms with Gasteiger partial charge in [0, 0.05) is 22.9 Å². The van der Waals surface area contributed by atoms with Crippen molar-refractivity contribution in [3.8, 4) is 11.5 Å². The topological polar surface area (TPSA) is 38.8 Å². The molecule has 0 N–H and O–H groups in total. The molecule has 0 aromatic heterocycles. The average Bonchev–Trinajstić information content (AvgIpc) is 3.04. The number of ether oxygens (including phenoxy) is 2. The molecular formula is C24H29NO3. The van der Waals surface area contributed by atoms with Crippen LogP contribution in [0.3, 0.4) is 0 Å². The predicted octanol–water partition coefficient (Wildman–Crippen LogP) is 3.52. The first-order valence-electron chi connectivity index (χ1n) is 10.8.